The van der Waals surface area contributed by atoms with E-state index in [1.165, 1.54) is 16.0 Å². The highest BCUT2D eigenvalue weighted by Gasteiger charge is 2.25. The van der Waals surface area contributed by atoms with E-state index in [1.807, 2.05) is 0 Å². The van der Waals surface area contributed by atoms with Crippen molar-refractivity contribution in [2.75, 3.05) is 5.75 Å². The van der Waals surface area contributed by atoms with E-state index < -0.39 is 10.8 Å². The van der Waals surface area contributed by atoms with Crippen LogP contribution >= 0.6 is 22.9 Å². The molecule has 0 fully saturated rings. The Labute approximate surface area is 152 Å². The molecule has 0 amide bonds. The summed E-state index contributed by atoms with van der Waals surface area (Å²) in [5.41, 5.74) is 11.2. The molecule has 6 heteroatoms. The number of halogens is 1. The third-order valence-corrected chi connectivity index (χ3v) is 7.42. The zero-order valence-electron chi connectivity index (χ0n) is 13.3. The maximum absolute atomic E-state index is 11.9. The molecule has 0 radical (unpaired) electrons. The SMILES string of the molecule is Cc1ccc(-c2c(Cl)c(CN)nc3sc4c(c23)CCS(=O)C4)cc1. The Morgan fingerprint density at radius 2 is 2.08 bits per heavy atom. The van der Waals surface area contributed by atoms with Crippen molar-refractivity contribution < 1.29 is 4.21 Å². The predicted octanol–water partition coefficient (Wildman–Crippen LogP) is 4.19. The van der Waals surface area contributed by atoms with Crippen LogP contribution in [-0.4, -0.2) is 14.9 Å². The van der Waals surface area contributed by atoms with Gasteiger partial charge in [-0.05, 0) is 24.5 Å². The number of pyridine rings is 1. The van der Waals surface area contributed by atoms with Crippen LogP contribution in [0.2, 0.25) is 5.02 Å². The summed E-state index contributed by atoms with van der Waals surface area (Å²) in [4.78, 5) is 6.83. The highest BCUT2D eigenvalue weighted by molar-refractivity contribution is 7.84. The molecule has 2 aromatic heterocycles. The molecule has 24 heavy (non-hydrogen) atoms. The number of aromatic nitrogens is 1. The Morgan fingerprint density at radius 1 is 1.33 bits per heavy atom. The lowest BCUT2D eigenvalue weighted by molar-refractivity contribution is 0.680. The van der Waals surface area contributed by atoms with Gasteiger partial charge in [-0.15, -0.1) is 11.3 Å². The second kappa shape index (κ2) is 6.23. The number of benzene rings is 1. The second-order valence-electron chi connectivity index (χ2n) is 6.04. The fourth-order valence-electron chi connectivity index (χ4n) is 3.20. The summed E-state index contributed by atoms with van der Waals surface area (Å²) in [5, 5.41) is 1.76. The molecule has 1 aliphatic rings. The Bertz CT molecular complexity index is 964. The topological polar surface area (TPSA) is 56.0 Å². The van der Waals surface area contributed by atoms with Gasteiger partial charge in [0.2, 0.25) is 0 Å². The maximum atomic E-state index is 11.9. The number of hydrogen-bond donors (Lipinski definition) is 1. The molecule has 0 aliphatic carbocycles. The zero-order valence-corrected chi connectivity index (χ0v) is 15.7. The van der Waals surface area contributed by atoms with Crippen molar-refractivity contribution in [1.29, 1.82) is 0 Å². The summed E-state index contributed by atoms with van der Waals surface area (Å²) >= 11 is 8.33. The molecule has 124 valence electrons. The Hall–Kier alpha value is -1.27. The Balaban J connectivity index is 2.07. The van der Waals surface area contributed by atoms with Crippen molar-refractivity contribution in [2.24, 2.45) is 5.73 Å². The van der Waals surface area contributed by atoms with Crippen LogP contribution in [0, 0.1) is 6.92 Å². The van der Waals surface area contributed by atoms with E-state index in [1.54, 1.807) is 11.3 Å². The minimum Gasteiger partial charge on any atom is -0.325 e. The van der Waals surface area contributed by atoms with Gasteiger partial charge in [-0.3, -0.25) is 4.21 Å². The van der Waals surface area contributed by atoms with Crippen LogP contribution in [0.1, 0.15) is 21.7 Å². The summed E-state index contributed by atoms with van der Waals surface area (Å²) in [6.45, 7) is 2.38. The average molecular weight is 377 g/mol. The third kappa shape index (κ3) is 2.60. The summed E-state index contributed by atoms with van der Waals surface area (Å²) in [7, 11) is -0.770. The predicted molar refractivity (Wildman–Crippen MR) is 103 cm³/mol. The quantitative estimate of drug-likeness (QED) is 0.729. The second-order valence-corrected chi connectivity index (χ2v) is 9.08. The van der Waals surface area contributed by atoms with Crippen LogP contribution in [0.4, 0.5) is 0 Å². The van der Waals surface area contributed by atoms with E-state index >= 15 is 0 Å². The van der Waals surface area contributed by atoms with Crippen LogP contribution in [0.25, 0.3) is 21.3 Å². The number of rotatable bonds is 2. The monoisotopic (exact) mass is 376 g/mol. The standard InChI is InChI=1S/C18H17ClN2OS2/c1-10-2-4-11(5-3-10)15-16-12-6-7-24(22)9-14(12)23-18(16)21-13(8-20)17(15)19/h2-5H,6-9,20H2,1H3. The number of aryl methyl sites for hydroxylation is 2. The molecule has 0 saturated carbocycles. The number of thiophene rings is 1. The molecule has 2 N–H and O–H groups in total. The Morgan fingerprint density at radius 3 is 2.79 bits per heavy atom. The molecule has 4 rings (SSSR count). The van der Waals surface area contributed by atoms with Crippen molar-refractivity contribution in [3.63, 3.8) is 0 Å². The minimum atomic E-state index is -0.770. The van der Waals surface area contributed by atoms with Crippen LogP contribution < -0.4 is 5.73 Å². The average Bonchev–Trinajstić information content (AvgIpc) is 2.92. The Kier molecular flexibility index (Phi) is 4.21. The molecule has 1 unspecified atom stereocenters. The molecular weight excluding hydrogens is 360 g/mol. The van der Waals surface area contributed by atoms with Gasteiger partial charge in [0.15, 0.2) is 0 Å². The molecule has 3 nitrogen and oxygen atoms in total. The molecule has 1 aromatic carbocycles. The van der Waals surface area contributed by atoms with E-state index in [9.17, 15) is 4.21 Å². The molecule has 1 atom stereocenters. The van der Waals surface area contributed by atoms with E-state index in [0.29, 0.717) is 23.1 Å². The van der Waals surface area contributed by atoms with Crippen molar-refractivity contribution in [3.8, 4) is 11.1 Å². The first-order valence-corrected chi connectivity index (χ1v) is 10.5. The largest absolute Gasteiger partial charge is 0.325 e. The number of hydrogen-bond acceptors (Lipinski definition) is 4. The number of fused-ring (bicyclic) bond motifs is 3. The third-order valence-electron chi connectivity index (χ3n) is 4.44. The van der Waals surface area contributed by atoms with Crippen LogP contribution in [0.5, 0.6) is 0 Å². The summed E-state index contributed by atoms with van der Waals surface area (Å²) in [6, 6.07) is 8.38. The highest BCUT2D eigenvalue weighted by Crippen LogP contribution is 2.44. The van der Waals surface area contributed by atoms with E-state index in [-0.39, 0.29) is 0 Å². The van der Waals surface area contributed by atoms with Gasteiger partial charge in [0.1, 0.15) is 4.83 Å². The van der Waals surface area contributed by atoms with Gasteiger partial charge in [0.25, 0.3) is 0 Å². The lowest BCUT2D eigenvalue weighted by atomic mass is 9.97. The molecule has 0 bridgehead atoms. The van der Waals surface area contributed by atoms with Crippen molar-refractivity contribution in [3.05, 3.63) is 51.0 Å². The smallest absolute Gasteiger partial charge is 0.124 e. The number of nitrogens with two attached hydrogens (primary N) is 1. The van der Waals surface area contributed by atoms with Gasteiger partial charge < -0.3 is 5.73 Å². The highest BCUT2D eigenvalue weighted by atomic mass is 35.5. The van der Waals surface area contributed by atoms with E-state index in [2.05, 4.69) is 36.2 Å². The van der Waals surface area contributed by atoms with Crippen LogP contribution in [0.3, 0.4) is 0 Å². The van der Waals surface area contributed by atoms with Gasteiger partial charge in [0.05, 0.1) is 16.5 Å². The summed E-state index contributed by atoms with van der Waals surface area (Å²) in [6.07, 6.45) is 0.820. The maximum Gasteiger partial charge on any atom is 0.124 e. The zero-order chi connectivity index (χ0) is 16.8. The van der Waals surface area contributed by atoms with Gasteiger partial charge >= 0.3 is 0 Å². The minimum absolute atomic E-state index is 0.308. The van der Waals surface area contributed by atoms with E-state index in [4.69, 9.17) is 17.3 Å². The van der Waals surface area contributed by atoms with Gasteiger partial charge in [-0.25, -0.2) is 4.98 Å². The van der Waals surface area contributed by atoms with Crippen LogP contribution in [0.15, 0.2) is 24.3 Å². The van der Waals surface area contributed by atoms with Crippen LogP contribution in [-0.2, 0) is 29.5 Å². The molecule has 1 aliphatic heterocycles. The van der Waals surface area contributed by atoms with Crippen molar-refractivity contribution in [2.45, 2.75) is 25.6 Å². The van der Waals surface area contributed by atoms with Crippen molar-refractivity contribution >= 4 is 44.0 Å². The first-order valence-electron chi connectivity index (χ1n) is 7.83. The summed E-state index contributed by atoms with van der Waals surface area (Å²) in [5.74, 6) is 1.34. The first kappa shape index (κ1) is 16.2. The van der Waals surface area contributed by atoms with E-state index in [0.717, 1.165) is 33.5 Å². The first-order chi connectivity index (χ1) is 11.6. The lowest BCUT2D eigenvalue weighted by Gasteiger charge is -2.14. The molecule has 3 heterocycles. The molecule has 0 spiro atoms. The fraction of sp³-hybridized carbons (Fsp3) is 0.278. The fourth-order valence-corrected chi connectivity index (χ4v) is 6.24. The van der Waals surface area contributed by atoms with Gasteiger partial charge in [-0.2, -0.15) is 0 Å². The molecular formula is C18H17ClN2OS2. The normalized spacial score (nSPS) is 17.2. The summed E-state index contributed by atoms with van der Waals surface area (Å²) < 4.78 is 11.9. The molecule has 3 aromatic rings. The lowest BCUT2D eigenvalue weighted by Crippen LogP contribution is -2.11. The molecule has 0 saturated heterocycles. The van der Waals surface area contributed by atoms with Gasteiger partial charge in [0, 0.05) is 38.9 Å². The van der Waals surface area contributed by atoms with Gasteiger partial charge in [-0.1, -0.05) is 41.4 Å². The van der Waals surface area contributed by atoms with Crippen molar-refractivity contribution in [1.82, 2.24) is 4.98 Å². The number of nitrogens with zero attached hydrogens (tertiary/aromatic N) is 1.